The second-order valence-electron chi connectivity index (χ2n) is 7.08. The fourth-order valence-corrected chi connectivity index (χ4v) is 4.30. The average molecular weight is 411 g/mol. The maximum atomic E-state index is 12.6. The summed E-state index contributed by atoms with van der Waals surface area (Å²) in [7, 11) is 1.73. The van der Waals surface area contributed by atoms with Gasteiger partial charge in [-0.25, -0.2) is 9.67 Å². The molecule has 3 aromatic heterocycles. The first-order valence-corrected chi connectivity index (χ1v) is 10.1. The number of nitrogens with zero attached hydrogens (tertiary/aromatic N) is 4. The van der Waals surface area contributed by atoms with Gasteiger partial charge < -0.3 is 4.90 Å². The molecule has 4 aromatic rings. The predicted octanol–water partition coefficient (Wildman–Crippen LogP) is 2.06. The first-order valence-electron chi connectivity index (χ1n) is 9.25. The molecule has 0 radical (unpaired) electrons. The minimum atomic E-state index is -0.342. The molecule has 0 spiro atoms. The number of carbonyl (C=O) groups is 1. The molecule has 29 heavy (non-hydrogen) atoms. The Bertz CT molecular complexity index is 1340. The van der Waals surface area contributed by atoms with Crippen LogP contribution in [-0.4, -0.2) is 37.0 Å². The molecule has 1 aromatic carbocycles. The van der Waals surface area contributed by atoms with Crippen molar-refractivity contribution in [3.05, 3.63) is 67.4 Å². The van der Waals surface area contributed by atoms with Crippen LogP contribution in [-0.2, 0) is 17.9 Å². The van der Waals surface area contributed by atoms with E-state index in [4.69, 9.17) is 0 Å². The lowest BCUT2D eigenvalue weighted by molar-refractivity contribution is -0.130. The third-order valence-corrected chi connectivity index (χ3v) is 5.88. The van der Waals surface area contributed by atoms with Gasteiger partial charge in [0.05, 0.1) is 35.2 Å². The molecule has 0 aliphatic heterocycles. The van der Waals surface area contributed by atoms with Crippen LogP contribution in [0.25, 0.3) is 15.7 Å². The summed E-state index contributed by atoms with van der Waals surface area (Å²) in [5.74, 6) is -0.118. The molecule has 0 atom stereocenters. The monoisotopic (exact) mass is 411 g/mol. The zero-order chi connectivity index (χ0) is 20.7. The topological polar surface area (TPSA) is 92.5 Å². The van der Waals surface area contributed by atoms with Crippen LogP contribution in [0.1, 0.15) is 22.7 Å². The second-order valence-corrected chi connectivity index (χ2v) is 8.29. The van der Waals surface area contributed by atoms with Gasteiger partial charge in [0, 0.05) is 24.5 Å². The summed E-state index contributed by atoms with van der Waals surface area (Å²) in [4.78, 5) is 45.6. The van der Waals surface area contributed by atoms with Gasteiger partial charge >= 0.3 is 0 Å². The summed E-state index contributed by atoms with van der Waals surface area (Å²) in [5, 5.41) is 3.26. The molecule has 0 bridgehead atoms. The number of hydrogen-bond donors (Lipinski definition) is 1. The number of nitrogens with one attached hydrogen (secondary N) is 1. The maximum absolute atomic E-state index is 12.6. The number of aryl methyl sites for hydroxylation is 3. The van der Waals surface area contributed by atoms with Gasteiger partial charge in [-0.2, -0.15) is 0 Å². The van der Waals surface area contributed by atoms with Gasteiger partial charge in [-0.1, -0.05) is 12.1 Å². The average Bonchev–Trinajstić information content (AvgIpc) is 3.19. The summed E-state index contributed by atoms with van der Waals surface area (Å²) in [6.07, 6.45) is 2.13. The normalized spacial score (nSPS) is 11.4. The molecule has 0 saturated carbocycles. The Labute approximate surface area is 170 Å². The highest BCUT2D eigenvalue weighted by Crippen LogP contribution is 2.21. The predicted molar refractivity (Wildman–Crippen MR) is 112 cm³/mol. The minimum Gasteiger partial charge on any atom is -0.340 e. The molecule has 0 saturated heterocycles. The molecule has 0 unspecified atom stereocenters. The molecule has 1 N–H and O–H groups in total. The molecule has 4 rings (SSSR count). The van der Waals surface area contributed by atoms with Gasteiger partial charge in [-0.05, 0) is 26.0 Å². The molecule has 0 aliphatic carbocycles. The SMILES string of the molecule is Cc1cn2c(CN(C)C(=O)CCn3[nH]c(=O)c4ccccc4c3=O)c(C)nc2s1. The van der Waals surface area contributed by atoms with Gasteiger partial charge in [-0.3, -0.25) is 23.9 Å². The van der Waals surface area contributed by atoms with Crippen molar-refractivity contribution >= 4 is 33.0 Å². The Morgan fingerprint density at radius 3 is 2.69 bits per heavy atom. The van der Waals surface area contributed by atoms with E-state index in [2.05, 4.69) is 10.1 Å². The Kier molecular flexibility index (Phi) is 4.83. The number of aromatic nitrogens is 4. The fraction of sp³-hybridized carbons (Fsp3) is 0.300. The van der Waals surface area contributed by atoms with Crippen LogP contribution < -0.4 is 11.1 Å². The molecular weight excluding hydrogens is 390 g/mol. The van der Waals surface area contributed by atoms with E-state index in [0.29, 0.717) is 17.3 Å². The van der Waals surface area contributed by atoms with Crippen molar-refractivity contribution in [3.63, 3.8) is 0 Å². The van der Waals surface area contributed by atoms with E-state index >= 15 is 0 Å². The second kappa shape index (κ2) is 7.32. The Morgan fingerprint density at radius 1 is 1.21 bits per heavy atom. The number of fused-ring (bicyclic) bond motifs is 2. The van der Waals surface area contributed by atoms with Crippen LogP contribution in [0.3, 0.4) is 0 Å². The quantitative estimate of drug-likeness (QED) is 0.544. The van der Waals surface area contributed by atoms with Crippen LogP contribution in [0, 0.1) is 13.8 Å². The van der Waals surface area contributed by atoms with E-state index in [-0.39, 0.29) is 30.0 Å². The minimum absolute atomic E-state index is 0.106. The molecule has 3 heterocycles. The lowest BCUT2D eigenvalue weighted by Crippen LogP contribution is -2.33. The summed E-state index contributed by atoms with van der Waals surface area (Å²) in [6.45, 7) is 4.49. The summed E-state index contributed by atoms with van der Waals surface area (Å²) >= 11 is 1.61. The van der Waals surface area contributed by atoms with Gasteiger partial charge in [-0.15, -0.1) is 11.3 Å². The molecule has 0 aliphatic rings. The number of amides is 1. The van der Waals surface area contributed by atoms with Crippen LogP contribution in [0.4, 0.5) is 0 Å². The van der Waals surface area contributed by atoms with Crippen molar-refractivity contribution in [2.45, 2.75) is 33.4 Å². The van der Waals surface area contributed by atoms with Crippen molar-refractivity contribution < 1.29 is 4.79 Å². The number of H-pyrrole nitrogens is 1. The summed E-state index contributed by atoms with van der Waals surface area (Å²) in [5.41, 5.74) is 1.21. The zero-order valence-electron chi connectivity index (χ0n) is 16.4. The Hall–Kier alpha value is -3.20. The molecule has 8 nitrogen and oxygen atoms in total. The number of benzene rings is 1. The van der Waals surface area contributed by atoms with Crippen molar-refractivity contribution in [1.82, 2.24) is 24.1 Å². The maximum Gasteiger partial charge on any atom is 0.273 e. The standard InChI is InChI=1S/C20H21N5O3S/c1-12-10-24-16(13(2)21-20(24)29-12)11-23(3)17(26)8-9-25-19(28)15-7-5-4-6-14(15)18(27)22-25/h4-7,10H,8-9,11H2,1-3H3,(H,22,27). The van der Waals surface area contributed by atoms with E-state index < -0.39 is 0 Å². The highest BCUT2D eigenvalue weighted by atomic mass is 32.1. The number of hydrogen-bond acceptors (Lipinski definition) is 5. The number of imidazole rings is 1. The molecule has 0 fully saturated rings. The van der Waals surface area contributed by atoms with Crippen molar-refractivity contribution in [2.24, 2.45) is 0 Å². The van der Waals surface area contributed by atoms with Gasteiger partial charge in [0.15, 0.2) is 4.96 Å². The third kappa shape index (κ3) is 3.49. The van der Waals surface area contributed by atoms with Gasteiger partial charge in [0.1, 0.15) is 0 Å². The van der Waals surface area contributed by atoms with E-state index in [1.54, 1.807) is 47.5 Å². The van der Waals surface area contributed by atoms with Crippen LogP contribution >= 0.6 is 11.3 Å². The molecule has 9 heteroatoms. The largest absolute Gasteiger partial charge is 0.340 e. The lowest BCUT2D eigenvalue weighted by atomic mass is 10.2. The van der Waals surface area contributed by atoms with Crippen LogP contribution in [0.15, 0.2) is 40.1 Å². The Morgan fingerprint density at radius 2 is 1.93 bits per heavy atom. The van der Waals surface area contributed by atoms with Gasteiger partial charge in [0.2, 0.25) is 5.91 Å². The van der Waals surface area contributed by atoms with E-state index in [9.17, 15) is 14.4 Å². The molecule has 150 valence electrons. The summed E-state index contributed by atoms with van der Waals surface area (Å²) in [6, 6.07) is 6.66. The number of carbonyl (C=O) groups excluding carboxylic acids is 1. The lowest BCUT2D eigenvalue weighted by Gasteiger charge is -2.17. The number of aromatic amines is 1. The van der Waals surface area contributed by atoms with Crippen molar-refractivity contribution in [2.75, 3.05) is 7.05 Å². The number of rotatable bonds is 5. The van der Waals surface area contributed by atoms with Crippen LogP contribution in [0.5, 0.6) is 0 Å². The highest BCUT2D eigenvalue weighted by molar-refractivity contribution is 7.17. The zero-order valence-corrected chi connectivity index (χ0v) is 17.2. The van der Waals surface area contributed by atoms with Crippen molar-refractivity contribution in [3.8, 4) is 0 Å². The fourth-order valence-electron chi connectivity index (χ4n) is 3.41. The molecule has 1 amide bonds. The first-order chi connectivity index (χ1) is 13.8. The first kappa shape index (κ1) is 19.1. The van der Waals surface area contributed by atoms with E-state index in [1.807, 2.05) is 24.4 Å². The molecular formula is C20H21N5O3S. The van der Waals surface area contributed by atoms with E-state index in [1.165, 1.54) is 4.68 Å². The van der Waals surface area contributed by atoms with E-state index in [0.717, 1.165) is 21.2 Å². The smallest absolute Gasteiger partial charge is 0.273 e. The Balaban J connectivity index is 1.50. The number of thiazole rings is 1. The summed E-state index contributed by atoms with van der Waals surface area (Å²) < 4.78 is 3.23. The van der Waals surface area contributed by atoms with Crippen molar-refractivity contribution in [1.29, 1.82) is 0 Å². The van der Waals surface area contributed by atoms with Crippen LogP contribution in [0.2, 0.25) is 0 Å². The third-order valence-electron chi connectivity index (χ3n) is 4.99. The van der Waals surface area contributed by atoms with Gasteiger partial charge in [0.25, 0.3) is 11.1 Å². The highest BCUT2D eigenvalue weighted by Gasteiger charge is 2.17.